The first-order valence-electron chi connectivity index (χ1n) is 7.43. The lowest BCUT2D eigenvalue weighted by Gasteiger charge is -2.22. The summed E-state index contributed by atoms with van der Waals surface area (Å²) in [6.07, 6.45) is 0.825. The quantitative estimate of drug-likeness (QED) is 0.920. The summed E-state index contributed by atoms with van der Waals surface area (Å²) in [5.41, 5.74) is 1.41. The minimum absolute atomic E-state index is 0.392. The Bertz CT molecular complexity index is 605. The van der Waals surface area contributed by atoms with E-state index in [1.807, 2.05) is 18.2 Å². The number of hydrogen-bond acceptors (Lipinski definition) is 2. The van der Waals surface area contributed by atoms with Gasteiger partial charge in [0, 0.05) is 13.1 Å². The Morgan fingerprint density at radius 3 is 2.60 bits per heavy atom. The van der Waals surface area contributed by atoms with Gasteiger partial charge in [-0.15, -0.1) is 0 Å². The zero-order valence-corrected chi connectivity index (χ0v) is 12.3. The number of aliphatic hydroxyl groups is 1. The van der Waals surface area contributed by atoms with Crippen LogP contribution in [0, 0.1) is 5.41 Å². The molecule has 1 heterocycles. The Morgan fingerprint density at radius 2 is 1.90 bits per heavy atom. The van der Waals surface area contributed by atoms with Gasteiger partial charge in [0.2, 0.25) is 0 Å². The highest BCUT2D eigenvalue weighted by Gasteiger charge is 2.30. The van der Waals surface area contributed by atoms with Crippen molar-refractivity contribution in [2.24, 2.45) is 5.41 Å². The predicted molar refractivity (Wildman–Crippen MR) is 83.7 cm³/mol. The van der Waals surface area contributed by atoms with Gasteiger partial charge in [0.05, 0.1) is 6.10 Å². The summed E-state index contributed by atoms with van der Waals surface area (Å²) >= 11 is 0. The lowest BCUT2D eigenvalue weighted by atomic mass is 9.93. The van der Waals surface area contributed by atoms with Crippen LogP contribution in [0.5, 0.6) is 0 Å². The van der Waals surface area contributed by atoms with E-state index >= 15 is 0 Å². The van der Waals surface area contributed by atoms with Crippen molar-refractivity contribution in [1.29, 1.82) is 0 Å². The highest BCUT2D eigenvalue weighted by Crippen LogP contribution is 2.30. The maximum absolute atomic E-state index is 10.5. The van der Waals surface area contributed by atoms with Crippen molar-refractivity contribution in [2.45, 2.75) is 26.4 Å². The van der Waals surface area contributed by atoms with Gasteiger partial charge < -0.3 is 5.11 Å². The average Bonchev–Trinajstić information content (AvgIpc) is 2.77. The molecular formula is C18H23NO. The van der Waals surface area contributed by atoms with Gasteiger partial charge in [0.25, 0.3) is 0 Å². The molecule has 20 heavy (non-hydrogen) atoms. The summed E-state index contributed by atoms with van der Waals surface area (Å²) < 4.78 is 0. The average molecular weight is 269 g/mol. The van der Waals surface area contributed by atoms with Crippen molar-refractivity contribution >= 4 is 10.8 Å². The summed E-state index contributed by atoms with van der Waals surface area (Å²) in [7, 11) is 0. The number of likely N-dealkylation sites (tertiary alicyclic amines) is 1. The van der Waals surface area contributed by atoms with Crippen molar-refractivity contribution in [3.63, 3.8) is 0 Å². The molecule has 0 spiro atoms. The zero-order valence-electron chi connectivity index (χ0n) is 12.3. The van der Waals surface area contributed by atoms with Crippen molar-refractivity contribution in [3.8, 4) is 0 Å². The predicted octanol–water partition coefficient (Wildman–Crippen LogP) is 3.61. The molecule has 2 aromatic carbocycles. The molecule has 2 aromatic rings. The zero-order chi connectivity index (χ0) is 14.2. The van der Waals surface area contributed by atoms with Crippen LogP contribution in [-0.4, -0.2) is 29.6 Å². The lowest BCUT2D eigenvalue weighted by Crippen LogP contribution is -2.28. The van der Waals surface area contributed by atoms with E-state index in [1.165, 1.54) is 17.2 Å². The minimum Gasteiger partial charge on any atom is -0.387 e. The van der Waals surface area contributed by atoms with Gasteiger partial charge in [-0.1, -0.05) is 50.2 Å². The standard InChI is InChI=1S/C18H23NO/c1-18(2)9-10-19(13-18)12-17(20)16-8-7-14-5-3-4-6-15(14)11-16/h3-8,11,17,20H,9-10,12-13H2,1-2H3. The molecule has 1 fully saturated rings. The lowest BCUT2D eigenvalue weighted by molar-refractivity contribution is 0.121. The van der Waals surface area contributed by atoms with E-state index in [9.17, 15) is 5.11 Å². The van der Waals surface area contributed by atoms with Gasteiger partial charge in [-0.05, 0) is 40.8 Å². The number of β-amino-alcohol motifs (C(OH)–C–C–N with tert-alkyl or cyclic N) is 1. The molecule has 0 aromatic heterocycles. The molecule has 0 aliphatic carbocycles. The summed E-state index contributed by atoms with van der Waals surface area (Å²) in [6.45, 7) is 7.52. The summed E-state index contributed by atoms with van der Waals surface area (Å²) in [5, 5.41) is 12.9. The Morgan fingerprint density at radius 1 is 1.15 bits per heavy atom. The first-order valence-corrected chi connectivity index (χ1v) is 7.43. The SMILES string of the molecule is CC1(C)CCN(CC(O)c2ccc3ccccc3c2)C1. The smallest absolute Gasteiger partial charge is 0.0917 e. The van der Waals surface area contributed by atoms with E-state index in [2.05, 4.69) is 43.0 Å². The molecule has 1 unspecified atom stereocenters. The first-order chi connectivity index (χ1) is 9.53. The third-order valence-electron chi connectivity index (χ3n) is 4.35. The molecule has 3 rings (SSSR count). The highest BCUT2D eigenvalue weighted by molar-refractivity contribution is 5.83. The summed E-state index contributed by atoms with van der Waals surface area (Å²) in [6, 6.07) is 14.6. The minimum atomic E-state index is -0.395. The van der Waals surface area contributed by atoms with Crippen molar-refractivity contribution in [1.82, 2.24) is 4.90 Å². The fraction of sp³-hybridized carbons (Fsp3) is 0.444. The van der Waals surface area contributed by atoms with Crippen LogP contribution in [0.4, 0.5) is 0 Å². The van der Waals surface area contributed by atoms with Crippen LogP contribution in [0.25, 0.3) is 10.8 Å². The molecule has 0 amide bonds. The van der Waals surface area contributed by atoms with E-state index in [1.54, 1.807) is 0 Å². The van der Waals surface area contributed by atoms with Crippen LogP contribution in [0.15, 0.2) is 42.5 Å². The van der Waals surface area contributed by atoms with Gasteiger partial charge in [0.15, 0.2) is 0 Å². The molecule has 1 saturated heterocycles. The number of fused-ring (bicyclic) bond motifs is 1. The number of hydrogen-bond donors (Lipinski definition) is 1. The summed E-state index contributed by atoms with van der Waals surface area (Å²) in [4.78, 5) is 2.37. The van der Waals surface area contributed by atoms with E-state index in [-0.39, 0.29) is 0 Å². The van der Waals surface area contributed by atoms with Crippen LogP contribution < -0.4 is 0 Å². The number of rotatable bonds is 3. The van der Waals surface area contributed by atoms with Gasteiger partial charge in [-0.3, -0.25) is 4.90 Å². The Balaban J connectivity index is 1.74. The van der Waals surface area contributed by atoms with E-state index in [0.717, 1.165) is 25.2 Å². The van der Waals surface area contributed by atoms with Crippen LogP contribution in [0.3, 0.4) is 0 Å². The maximum atomic E-state index is 10.5. The Kier molecular flexibility index (Phi) is 3.53. The Hall–Kier alpha value is -1.38. The van der Waals surface area contributed by atoms with Crippen molar-refractivity contribution < 1.29 is 5.11 Å². The number of benzene rings is 2. The largest absolute Gasteiger partial charge is 0.387 e. The Labute approximate surface area is 121 Å². The number of aliphatic hydroxyl groups excluding tert-OH is 1. The second-order valence-electron chi connectivity index (χ2n) is 6.77. The molecule has 0 saturated carbocycles. The van der Waals surface area contributed by atoms with Gasteiger partial charge in [-0.2, -0.15) is 0 Å². The summed E-state index contributed by atoms with van der Waals surface area (Å²) in [5.74, 6) is 0. The molecule has 1 N–H and O–H groups in total. The normalized spacial score (nSPS) is 20.4. The highest BCUT2D eigenvalue weighted by atomic mass is 16.3. The molecule has 106 valence electrons. The van der Waals surface area contributed by atoms with Gasteiger partial charge >= 0.3 is 0 Å². The molecule has 2 nitrogen and oxygen atoms in total. The molecule has 0 bridgehead atoms. The second kappa shape index (κ2) is 5.19. The topological polar surface area (TPSA) is 23.5 Å². The molecule has 0 radical (unpaired) electrons. The molecule has 1 atom stereocenters. The van der Waals surface area contributed by atoms with Gasteiger partial charge in [0.1, 0.15) is 0 Å². The van der Waals surface area contributed by atoms with Crippen molar-refractivity contribution in [2.75, 3.05) is 19.6 Å². The maximum Gasteiger partial charge on any atom is 0.0917 e. The van der Waals surface area contributed by atoms with E-state index in [0.29, 0.717) is 5.41 Å². The molecule has 2 heteroatoms. The molecular weight excluding hydrogens is 246 g/mol. The fourth-order valence-corrected chi connectivity index (χ4v) is 3.15. The number of nitrogens with zero attached hydrogens (tertiary/aromatic N) is 1. The fourth-order valence-electron chi connectivity index (χ4n) is 3.15. The third kappa shape index (κ3) is 2.87. The first kappa shape index (κ1) is 13.6. The van der Waals surface area contributed by atoms with Crippen LogP contribution in [-0.2, 0) is 0 Å². The van der Waals surface area contributed by atoms with Crippen LogP contribution in [0.2, 0.25) is 0 Å². The molecule has 1 aliphatic rings. The monoisotopic (exact) mass is 269 g/mol. The van der Waals surface area contributed by atoms with Gasteiger partial charge in [-0.25, -0.2) is 0 Å². The van der Waals surface area contributed by atoms with Crippen LogP contribution in [0.1, 0.15) is 31.9 Å². The molecule has 1 aliphatic heterocycles. The third-order valence-corrected chi connectivity index (χ3v) is 4.35. The van der Waals surface area contributed by atoms with Crippen LogP contribution >= 0.6 is 0 Å². The van der Waals surface area contributed by atoms with Crippen molar-refractivity contribution in [3.05, 3.63) is 48.0 Å². The van der Waals surface area contributed by atoms with E-state index < -0.39 is 6.10 Å². The van der Waals surface area contributed by atoms with E-state index in [4.69, 9.17) is 0 Å². The second-order valence-corrected chi connectivity index (χ2v) is 6.77.